The number of aliphatic hydroxyl groups is 1. The Morgan fingerprint density at radius 1 is 1.50 bits per heavy atom. The molecule has 0 saturated carbocycles. The Bertz CT molecular complexity index is 307. The third-order valence-corrected chi connectivity index (χ3v) is 4.71. The van der Waals surface area contributed by atoms with Gasteiger partial charge in [0.2, 0.25) is 0 Å². The van der Waals surface area contributed by atoms with Crippen LogP contribution < -0.4 is 5.32 Å². The lowest BCUT2D eigenvalue weighted by molar-refractivity contribution is -0.122. The molecule has 3 fully saturated rings. The van der Waals surface area contributed by atoms with E-state index in [2.05, 4.69) is 5.32 Å². The van der Waals surface area contributed by atoms with E-state index in [0.717, 1.165) is 13.0 Å². The summed E-state index contributed by atoms with van der Waals surface area (Å²) in [4.78, 5) is 11.7. The van der Waals surface area contributed by atoms with Gasteiger partial charge in [-0.3, -0.25) is 4.79 Å². The van der Waals surface area contributed by atoms with Crippen LogP contribution in [0.4, 0.5) is 0 Å². The van der Waals surface area contributed by atoms with Gasteiger partial charge in [0, 0.05) is 30.9 Å². The molecule has 3 rings (SSSR count). The Hall–Kier alpha value is -0.450. The fraction of sp³-hybridized carbons (Fsp3) is 0.917. The molecule has 0 amide bonds. The minimum Gasteiger partial charge on any atom is -0.396 e. The van der Waals surface area contributed by atoms with Gasteiger partial charge in [-0.1, -0.05) is 0 Å². The third-order valence-electron chi connectivity index (χ3n) is 4.71. The van der Waals surface area contributed by atoms with E-state index >= 15 is 0 Å². The minimum absolute atomic E-state index is 0.0469. The Labute approximate surface area is 95.4 Å². The predicted molar refractivity (Wildman–Crippen MR) is 57.9 cm³/mol. The summed E-state index contributed by atoms with van der Waals surface area (Å²) >= 11 is 0. The lowest BCUT2D eigenvalue weighted by atomic mass is 9.71. The second kappa shape index (κ2) is 3.79. The largest absolute Gasteiger partial charge is 0.396 e. The van der Waals surface area contributed by atoms with Crippen LogP contribution in [0.5, 0.6) is 0 Å². The molecule has 16 heavy (non-hydrogen) atoms. The van der Waals surface area contributed by atoms with E-state index in [1.165, 1.54) is 0 Å². The quantitative estimate of drug-likeness (QED) is 0.657. The van der Waals surface area contributed by atoms with Gasteiger partial charge in [0.15, 0.2) is 5.78 Å². The summed E-state index contributed by atoms with van der Waals surface area (Å²) in [7, 11) is 0. The summed E-state index contributed by atoms with van der Waals surface area (Å²) in [5.41, 5.74) is 0. The van der Waals surface area contributed by atoms with Gasteiger partial charge < -0.3 is 15.2 Å². The van der Waals surface area contributed by atoms with Crippen LogP contribution in [-0.4, -0.2) is 42.3 Å². The van der Waals surface area contributed by atoms with Gasteiger partial charge in [-0.15, -0.1) is 0 Å². The molecule has 3 heterocycles. The van der Waals surface area contributed by atoms with Gasteiger partial charge in [-0.2, -0.15) is 0 Å². The van der Waals surface area contributed by atoms with Crippen molar-refractivity contribution in [2.75, 3.05) is 13.2 Å². The molecule has 3 aliphatic heterocycles. The van der Waals surface area contributed by atoms with Crippen molar-refractivity contribution in [3.63, 3.8) is 0 Å². The van der Waals surface area contributed by atoms with E-state index in [4.69, 9.17) is 4.74 Å². The first kappa shape index (κ1) is 10.7. The second-order valence-electron chi connectivity index (χ2n) is 5.44. The predicted octanol–water partition coefficient (Wildman–Crippen LogP) is -0.0507. The lowest BCUT2D eigenvalue weighted by Crippen LogP contribution is -2.55. The average molecular weight is 225 g/mol. The number of piperidine rings is 1. The maximum atomic E-state index is 11.7. The molecule has 3 aliphatic rings. The number of Topliss-reactive ketones (excluding diaryl/α,β-unsaturated/α-hetero) is 1. The SMILES string of the molecule is CC1OCC2C3CC(=O)C(CC2C1CO)N3. The van der Waals surface area contributed by atoms with Crippen LogP contribution in [0.2, 0.25) is 0 Å². The normalized spacial score (nSPS) is 51.5. The van der Waals surface area contributed by atoms with Gasteiger partial charge in [0.25, 0.3) is 0 Å². The summed E-state index contributed by atoms with van der Waals surface area (Å²) < 4.78 is 5.73. The molecule has 0 aromatic carbocycles. The lowest BCUT2D eigenvalue weighted by Gasteiger charge is -2.46. The van der Waals surface area contributed by atoms with Crippen molar-refractivity contribution in [3.05, 3.63) is 0 Å². The Kier molecular flexibility index (Phi) is 2.53. The van der Waals surface area contributed by atoms with Crippen molar-refractivity contribution in [2.24, 2.45) is 17.8 Å². The molecular formula is C12H19NO3. The highest BCUT2D eigenvalue weighted by Gasteiger charge is 2.51. The standard InChI is InChI=1S/C12H19NO3/c1-6-8(4-14)7-2-11-12(15)3-10(13-11)9(7)5-16-6/h6-11,13-14H,2-5H2,1H3. The number of ether oxygens (including phenoxy) is 1. The number of aliphatic hydroxyl groups excluding tert-OH is 1. The van der Waals surface area contributed by atoms with E-state index in [1.807, 2.05) is 6.92 Å². The van der Waals surface area contributed by atoms with Crippen molar-refractivity contribution in [1.82, 2.24) is 5.32 Å². The number of ketones is 1. The highest BCUT2D eigenvalue weighted by atomic mass is 16.5. The maximum Gasteiger partial charge on any atom is 0.151 e. The Morgan fingerprint density at radius 2 is 2.31 bits per heavy atom. The molecule has 0 aliphatic carbocycles. The first-order chi connectivity index (χ1) is 7.70. The van der Waals surface area contributed by atoms with Gasteiger partial charge >= 0.3 is 0 Å². The number of nitrogens with one attached hydrogen (secondary N) is 1. The molecular weight excluding hydrogens is 206 g/mol. The van der Waals surface area contributed by atoms with Gasteiger partial charge in [0.1, 0.15) is 0 Å². The summed E-state index contributed by atoms with van der Waals surface area (Å²) in [6.07, 6.45) is 1.67. The van der Waals surface area contributed by atoms with Gasteiger partial charge in [-0.25, -0.2) is 0 Å². The highest BCUT2D eigenvalue weighted by molar-refractivity contribution is 5.87. The van der Waals surface area contributed by atoms with Crippen molar-refractivity contribution in [2.45, 2.75) is 38.0 Å². The molecule has 0 radical (unpaired) electrons. The molecule has 0 aromatic rings. The van der Waals surface area contributed by atoms with E-state index in [0.29, 0.717) is 24.0 Å². The minimum atomic E-state index is 0.0469. The van der Waals surface area contributed by atoms with Crippen LogP contribution in [0.3, 0.4) is 0 Å². The molecule has 2 bridgehead atoms. The molecule has 0 aromatic heterocycles. The van der Waals surface area contributed by atoms with Gasteiger partial charge in [0.05, 0.1) is 18.8 Å². The van der Waals surface area contributed by atoms with Gasteiger partial charge in [-0.05, 0) is 19.3 Å². The molecule has 0 spiro atoms. The molecule has 4 nitrogen and oxygen atoms in total. The zero-order chi connectivity index (χ0) is 11.3. The number of hydrogen-bond donors (Lipinski definition) is 2. The number of fused-ring (bicyclic) bond motifs is 4. The van der Waals surface area contributed by atoms with Crippen molar-refractivity contribution in [3.8, 4) is 0 Å². The first-order valence-corrected chi connectivity index (χ1v) is 6.22. The smallest absolute Gasteiger partial charge is 0.151 e. The summed E-state index contributed by atoms with van der Waals surface area (Å²) in [5.74, 6) is 1.42. The maximum absolute atomic E-state index is 11.7. The van der Waals surface area contributed by atoms with Crippen LogP contribution in [0, 0.1) is 17.8 Å². The summed E-state index contributed by atoms with van der Waals surface area (Å²) in [5, 5.41) is 12.9. The monoisotopic (exact) mass is 225 g/mol. The zero-order valence-corrected chi connectivity index (χ0v) is 9.56. The van der Waals surface area contributed by atoms with E-state index in [1.54, 1.807) is 0 Å². The van der Waals surface area contributed by atoms with Crippen LogP contribution >= 0.6 is 0 Å². The fourth-order valence-electron chi connectivity index (χ4n) is 3.74. The topological polar surface area (TPSA) is 58.6 Å². The number of rotatable bonds is 1. The molecule has 6 atom stereocenters. The first-order valence-electron chi connectivity index (χ1n) is 6.22. The molecule has 6 unspecified atom stereocenters. The number of hydrogen-bond acceptors (Lipinski definition) is 4. The van der Waals surface area contributed by atoms with Crippen molar-refractivity contribution < 1.29 is 14.6 Å². The highest BCUT2D eigenvalue weighted by Crippen LogP contribution is 2.42. The van der Waals surface area contributed by atoms with Crippen molar-refractivity contribution >= 4 is 5.78 Å². The fourth-order valence-corrected chi connectivity index (χ4v) is 3.74. The van der Waals surface area contributed by atoms with E-state index < -0.39 is 0 Å². The van der Waals surface area contributed by atoms with E-state index in [-0.39, 0.29) is 30.7 Å². The molecule has 90 valence electrons. The molecule has 2 N–H and O–H groups in total. The zero-order valence-electron chi connectivity index (χ0n) is 9.56. The Balaban J connectivity index is 1.85. The van der Waals surface area contributed by atoms with Crippen LogP contribution in [0.25, 0.3) is 0 Å². The van der Waals surface area contributed by atoms with Crippen LogP contribution in [0.15, 0.2) is 0 Å². The molecule has 3 saturated heterocycles. The average Bonchev–Trinajstić information content (AvgIpc) is 2.56. The van der Waals surface area contributed by atoms with Crippen molar-refractivity contribution in [1.29, 1.82) is 0 Å². The number of carbonyl (C=O) groups is 1. The van der Waals surface area contributed by atoms with Crippen LogP contribution in [0.1, 0.15) is 19.8 Å². The molecule has 4 heteroatoms. The van der Waals surface area contributed by atoms with E-state index in [9.17, 15) is 9.90 Å². The summed E-state index contributed by atoms with van der Waals surface area (Å²) in [6, 6.07) is 0.336. The number of carbonyl (C=O) groups excluding carboxylic acids is 1. The third kappa shape index (κ3) is 1.44. The second-order valence-corrected chi connectivity index (χ2v) is 5.44. The summed E-state index contributed by atoms with van der Waals surface area (Å²) in [6.45, 7) is 2.94. The Morgan fingerprint density at radius 3 is 3.06 bits per heavy atom. The van der Waals surface area contributed by atoms with Crippen LogP contribution in [-0.2, 0) is 9.53 Å².